The zero-order valence-electron chi connectivity index (χ0n) is 17.4. The summed E-state index contributed by atoms with van der Waals surface area (Å²) in [5.41, 5.74) is 5.49. The van der Waals surface area contributed by atoms with E-state index in [1.165, 1.54) is 0 Å². The van der Waals surface area contributed by atoms with Gasteiger partial charge in [-0.25, -0.2) is 5.43 Å². The molecule has 0 aliphatic heterocycles. The number of rotatable bonds is 5. The number of hydrogen-bond donors (Lipinski definition) is 2. The molecule has 7 heteroatoms. The molecule has 2 aromatic rings. The zero-order valence-corrected chi connectivity index (χ0v) is 17.4. The van der Waals surface area contributed by atoms with E-state index in [1.54, 1.807) is 31.4 Å². The van der Waals surface area contributed by atoms with Crippen molar-refractivity contribution in [1.82, 2.24) is 10.7 Å². The SMILES string of the molecule is COc1cccc(C(=O)N/N=C2\CCCc3oc(C(=O)NC4CCCC4)c(C)c32)c1. The third-order valence-corrected chi connectivity index (χ3v) is 5.85. The maximum atomic E-state index is 12.7. The van der Waals surface area contributed by atoms with Crippen LogP contribution in [0.2, 0.25) is 0 Å². The number of amides is 2. The quantitative estimate of drug-likeness (QED) is 0.736. The Bertz CT molecular complexity index is 986. The fraction of sp³-hybridized carbons (Fsp3) is 0.435. The molecule has 0 radical (unpaired) electrons. The van der Waals surface area contributed by atoms with Crippen molar-refractivity contribution in [2.24, 2.45) is 5.10 Å². The first-order chi connectivity index (χ1) is 14.6. The molecule has 0 unspecified atom stereocenters. The molecule has 158 valence electrons. The summed E-state index contributed by atoms with van der Waals surface area (Å²) in [6.45, 7) is 1.89. The number of nitrogens with zero attached hydrogens (tertiary/aromatic N) is 1. The molecule has 1 heterocycles. The lowest BCUT2D eigenvalue weighted by Crippen LogP contribution is -2.32. The lowest BCUT2D eigenvalue weighted by atomic mass is 9.93. The average molecular weight is 409 g/mol. The zero-order chi connectivity index (χ0) is 21.1. The number of fused-ring (bicyclic) bond motifs is 1. The molecule has 1 saturated carbocycles. The topological polar surface area (TPSA) is 92.9 Å². The average Bonchev–Trinajstić information content (AvgIpc) is 3.40. The van der Waals surface area contributed by atoms with E-state index in [2.05, 4.69) is 15.8 Å². The molecule has 30 heavy (non-hydrogen) atoms. The van der Waals surface area contributed by atoms with Gasteiger partial charge in [-0.3, -0.25) is 9.59 Å². The van der Waals surface area contributed by atoms with Crippen molar-refractivity contribution in [2.75, 3.05) is 7.11 Å². The van der Waals surface area contributed by atoms with E-state index in [1.807, 2.05) is 6.92 Å². The van der Waals surface area contributed by atoms with Crippen LogP contribution in [0.25, 0.3) is 0 Å². The Morgan fingerprint density at radius 3 is 2.70 bits per heavy atom. The fourth-order valence-electron chi connectivity index (χ4n) is 4.26. The first-order valence-corrected chi connectivity index (χ1v) is 10.5. The van der Waals surface area contributed by atoms with Crippen molar-refractivity contribution in [2.45, 2.75) is 57.9 Å². The Morgan fingerprint density at radius 2 is 1.93 bits per heavy atom. The highest BCUT2D eigenvalue weighted by Crippen LogP contribution is 2.30. The van der Waals surface area contributed by atoms with Gasteiger partial charge in [0.15, 0.2) is 5.76 Å². The molecular weight excluding hydrogens is 382 g/mol. The van der Waals surface area contributed by atoms with Gasteiger partial charge in [0.25, 0.3) is 11.8 Å². The van der Waals surface area contributed by atoms with E-state index >= 15 is 0 Å². The van der Waals surface area contributed by atoms with E-state index in [4.69, 9.17) is 9.15 Å². The minimum atomic E-state index is -0.311. The number of benzene rings is 1. The van der Waals surface area contributed by atoms with E-state index < -0.39 is 0 Å². The summed E-state index contributed by atoms with van der Waals surface area (Å²) in [6.07, 6.45) is 6.69. The standard InChI is InChI=1S/C23H27N3O4/c1-14-20-18(25-26-22(27)15-7-5-10-17(13-15)29-2)11-6-12-19(20)30-21(14)23(28)24-16-8-3-4-9-16/h5,7,10,13,16H,3-4,6,8-9,11-12H2,1-2H3,(H,24,28)(H,26,27)/b25-18+. The van der Waals surface area contributed by atoms with E-state index in [-0.39, 0.29) is 17.9 Å². The number of hydrogen-bond acceptors (Lipinski definition) is 5. The van der Waals surface area contributed by atoms with Gasteiger partial charge < -0.3 is 14.5 Å². The highest BCUT2D eigenvalue weighted by Gasteiger charge is 2.29. The maximum Gasteiger partial charge on any atom is 0.287 e. The summed E-state index contributed by atoms with van der Waals surface area (Å²) < 4.78 is 11.1. The van der Waals surface area contributed by atoms with Crippen LogP contribution in [-0.2, 0) is 6.42 Å². The van der Waals surface area contributed by atoms with Crippen LogP contribution in [0, 0.1) is 6.92 Å². The van der Waals surface area contributed by atoms with Crippen LogP contribution in [0.15, 0.2) is 33.8 Å². The molecular formula is C23H27N3O4. The number of ether oxygens (including phenoxy) is 1. The summed E-state index contributed by atoms with van der Waals surface area (Å²) >= 11 is 0. The largest absolute Gasteiger partial charge is 0.497 e. The number of carbonyl (C=O) groups excluding carboxylic acids is 2. The smallest absolute Gasteiger partial charge is 0.287 e. The molecule has 0 atom stereocenters. The van der Waals surface area contributed by atoms with Crippen molar-refractivity contribution < 1.29 is 18.7 Å². The van der Waals surface area contributed by atoms with Crippen molar-refractivity contribution in [3.63, 3.8) is 0 Å². The molecule has 1 fully saturated rings. The van der Waals surface area contributed by atoms with Crippen molar-refractivity contribution >= 4 is 17.5 Å². The van der Waals surface area contributed by atoms with E-state index in [0.717, 1.165) is 67.5 Å². The van der Waals surface area contributed by atoms with Crippen LogP contribution in [0.4, 0.5) is 0 Å². The fourth-order valence-corrected chi connectivity index (χ4v) is 4.26. The molecule has 2 amide bonds. The predicted octanol–water partition coefficient (Wildman–Crippen LogP) is 3.74. The molecule has 0 saturated heterocycles. The van der Waals surface area contributed by atoms with Crippen molar-refractivity contribution in [3.05, 3.63) is 52.5 Å². The first kappa shape index (κ1) is 20.2. The summed E-state index contributed by atoms with van der Waals surface area (Å²) in [4.78, 5) is 25.2. The van der Waals surface area contributed by atoms with E-state index in [0.29, 0.717) is 17.1 Å². The van der Waals surface area contributed by atoms with Gasteiger partial charge in [-0.2, -0.15) is 5.10 Å². The van der Waals surface area contributed by atoms with Crippen LogP contribution in [0.1, 0.15) is 76.3 Å². The second kappa shape index (κ2) is 8.73. The lowest BCUT2D eigenvalue weighted by molar-refractivity contribution is 0.0906. The first-order valence-electron chi connectivity index (χ1n) is 10.5. The Morgan fingerprint density at radius 1 is 1.13 bits per heavy atom. The highest BCUT2D eigenvalue weighted by molar-refractivity contribution is 6.07. The second-order valence-electron chi connectivity index (χ2n) is 7.89. The van der Waals surface area contributed by atoms with Gasteiger partial charge in [0.2, 0.25) is 0 Å². The normalized spacial score (nSPS) is 17.6. The minimum Gasteiger partial charge on any atom is -0.497 e. The molecule has 7 nitrogen and oxygen atoms in total. The molecule has 1 aromatic carbocycles. The van der Waals surface area contributed by atoms with Crippen LogP contribution in [-0.4, -0.2) is 30.7 Å². The summed E-state index contributed by atoms with van der Waals surface area (Å²) in [5, 5.41) is 7.47. The number of methoxy groups -OCH3 is 1. The van der Waals surface area contributed by atoms with Gasteiger partial charge in [0.1, 0.15) is 11.5 Å². The van der Waals surface area contributed by atoms with Crippen LogP contribution in [0.5, 0.6) is 5.75 Å². The van der Waals surface area contributed by atoms with Crippen LogP contribution in [0.3, 0.4) is 0 Å². The van der Waals surface area contributed by atoms with Gasteiger partial charge in [-0.05, 0) is 50.8 Å². The maximum absolute atomic E-state index is 12.7. The molecule has 2 N–H and O–H groups in total. The summed E-state index contributed by atoms with van der Waals surface area (Å²) in [5.74, 6) is 1.27. The molecule has 0 bridgehead atoms. The Balaban J connectivity index is 1.53. The molecule has 2 aliphatic rings. The van der Waals surface area contributed by atoms with Crippen molar-refractivity contribution in [3.8, 4) is 5.75 Å². The Hall–Kier alpha value is -3.09. The number of nitrogens with one attached hydrogen (secondary N) is 2. The lowest BCUT2D eigenvalue weighted by Gasteiger charge is -2.13. The van der Waals surface area contributed by atoms with Gasteiger partial charge in [-0.1, -0.05) is 18.9 Å². The molecule has 1 aromatic heterocycles. The number of aryl methyl sites for hydroxylation is 1. The van der Waals surface area contributed by atoms with Gasteiger partial charge in [0.05, 0.1) is 12.8 Å². The van der Waals surface area contributed by atoms with Gasteiger partial charge >= 0.3 is 0 Å². The second-order valence-corrected chi connectivity index (χ2v) is 7.89. The van der Waals surface area contributed by atoms with Crippen LogP contribution < -0.4 is 15.5 Å². The molecule has 4 rings (SSSR count). The summed E-state index contributed by atoms with van der Waals surface area (Å²) in [7, 11) is 1.56. The Kier molecular flexibility index (Phi) is 5.88. The number of furan rings is 1. The van der Waals surface area contributed by atoms with E-state index in [9.17, 15) is 9.59 Å². The highest BCUT2D eigenvalue weighted by atomic mass is 16.5. The van der Waals surface area contributed by atoms with Gasteiger partial charge in [0, 0.05) is 29.2 Å². The summed E-state index contributed by atoms with van der Waals surface area (Å²) in [6, 6.07) is 7.14. The minimum absolute atomic E-state index is 0.159. The monoisotopic (exact) mass is 409 g/mol. The number of carbonyl (C=O) groups is 2. The van der Waals surface area contributed by atoms with Crippen LogP contribution >= 0.6 is 0 Å². The Labute approximate surface area is 175 Å². The third kappa shape index (κ3) is 4.10. The van der Waals surface area contributed by atoms with Gasteiger partial charge in [-0.15, -0.1) is 0 Å². The third-order valence-electron chi connectivity index (χ3n) is 5.85. The van der Waals surface area contributed by atoms with Crippen molar-refractivity contribution in [1.29, 1.82) is 0 Å². The molecule has 2 aliphatic carbocycles. The number of hydrazone groups is 1. The molecule has 0 spiro atoms. The predicted molar refractivity (Wildman–Crippen MR) is 113 cm³/mol.